The molecule has 0 unspecified atom stereocenters. The van der Waals surface area contributed by atoms with Gasteiger partial charge in [-0.3, -0.25) is 4.79 Å². The summed E-state index contributed by atoms with van der Waals surface area (Å²) in [6, 6.07) is 3.05. The van der Waals surface area contributed by atoms with Gasteiger partial charge in [-0.1, -0.05) is 11.6 Å². The van der Waals surface area contributed by atoms with Crippen LogP contribution in [0, 0.1) is 0 Å². The van der Waals surface area contributed by atoms with Crippen LogP contribution in [0.1, 0.15) is 17.3 Å². The van der Waals surface area contributed by atoms with E-state index in [9.17, 15) is 4.79 Å². The first-order valence-corrected chi connectivity index (χ1v) is 4.08. The number of nitrogen functional groups attached to an aromatic ring is 1. The van der Waals surface area contributed by atoms with Gasteiger partial charge in [-0.15, -0.1) is 0 Å². The fraction of sp³-hybridized carbons (Fsp3) is 0.222. The molecule has 0 aliphatic rings. The lowest BCUT2D eigenvalue weighted by molar-refractivity contribution is 0.101. The summed E-state index contributed by atoms with van der Waals surface area (Å²) in [6.45, 7) is 1.44. The third-order valence-corrected chi connectivity index (χ3v) is 2.00. The molecule has 70 valence electrons. The van der Waals surface area contributed by atoms with Crippen LogP contribution in [-0.4, -0.2) is 12.9 Å². The minimum absolute atomic E-state index is 0.109. The summed E-state index contributed by atoms with van der Waals surface area (Å²) in [5.74, 6) is 0.367. The fourth-order valence-electron chi connectivity index (χ4n) is 1.03. The first kappa shape index (κ1) is 9.86. The molecule has 0 atom stereocenters. The van der Waals surface area contributed by atoms with E-state index in [4.69, 9.17) is 22.1 Å². The topological polar surface area (TPSA) is 52.3 Å². The summed E-state index contributed by atoms with van der Waals surface area (Å²) in [7, 11) is 1.49. The number of anilines is 1. The molecule has 0 aliphatic heterocycles. The molecular weight excluding hydrogens is 190 g/mol. The number of methoxy groups -OCH3 is 1. The number of ether oxygens (including phenoxy) is 1. The minimum atomic E-state index is -0.109. The molecule has 0 amide bonds. The van der Waals surface area contributed by atoms with E-state index >= 15 is 0 Å². The molecule has 0 aliphatic carbocycles. The van der Waals surface area contributed by atoms with Gasteiger partial charge in [0.15, 0.2) is 5.78 Å². The van der Waals surface area contributed by atoms with Crippen molar-refractivity contribution in [2.45, 2.75) is 6.92 Å². The van der Waals surface area contributed by atoms with Crippen LogP contribution in [0.4, 0.5) is 5.69 Å². The molecule has 0 spiro atoms. The average Bonchev–Trinajstić information content (AvgIpc) is 2.07. The Kier molecular flexibility index (Phi) is 2.78. The molecule has 0 radical (unpaired) electrons. The molecule has 1 rings (SSSR count). The van der Waals surface area contributed by atoms with Crippen LogP contribution < -0.4 is 10.5 Å². The van der Waals surface area contributed by atoms with Gasteiger partial charge in [0.2, 0.25) is 0 Å². The predicted molar refractivity (Wildman–Crippen MR) is 52.4 cm³/mol. The summed E-state index contributed by atoms with van der Waals surface area (Å²) in [4.78, 5) is 11.0. The molecule has 1 aromatic rings. The largest absolute Gasteiger partial charge is 0.495 e. The van der Waals surface area contributed by atoms with Gasteiger partial charge in [0, 0.05) is 17.3 Å². The lowest BCUT2D eigenvalue weighted by atomic mass is 10.1. The minimum Gasteiger partial charge on any atom is -0.495 e. The lowest BCUT2D eigenvalue weighted by Crippen LogP contribution is -2.00. The number of ketones is 1. The van der Waals surface area contributed by atoms with Crippen LogP contribution in [-0.2, 0) is 0 Å². The van der Waals surface area contributed by atoms with Gasteiger partial charge in [0.05, 0.1) is 12.1 Å². The Balaban J connectivity index is 3.28. The van der Waals surface area contributed by atoms with Gasteiger partial charge in [-0.05, 0) is 13.0 Å². The van der Waals surface area contributed by atoms with Crippen LogP contribution >= 0.6 is 11.6 Å². The highest BCUT2D eigenvalue weighted by Crippen LogP contribution is 2.29. The second-order valence-electron chi connectivity index (χ2n) is 2.63. The van der Waals surface area contributed by atoms with E-state index in [-0.39, 0.29) is 5.78 Å². The van der Waals surface area contributed by atoms with Gasteiger partial charge in [-0.25, -0.2) is 0 Å². The van der Waals surface area contributed by atoms with Crippen LogP contribution in [0.25, 0.3) is 0 Å². The van der Waals surface area contributed by atoms with E-state index in [0.717, 1.165) is 0 Å². The molecule has 3 nitrogen and oxygen atoms in total. The SMILES string of the molecule is COc1cc(N)c(C(C)=O)cc1Cl. The summed E-state index contributed by atoms with van der Waals surface area (Å²) in [6.07, 6.45) is 0. The monoisotopic (exact) mass is 199 g/mol. The molecule has 0 fully saturated rings. The first-order valence-electron chi connectivity index (χ1n) is 3.70. The van der Waals surface area contributed by atoms with E-state index in [0.29, 0.717) is 22.0 Å². The number of carbonyl (C=O) groups is 1. The summed E-state index contributed by atoms with van der Waals surface area (Å²) >= 11 is 5.81. The molecule has 4 heteroatoms. The fourth-order valence-corrected chi connectivity index (χ4v) is 1.27. The highest BCUT2D eigenvalue weighted by atomic mass is 35.5. The summed E-state index contributed by atoms with van der Waals surface area (Å²) < 4.78 is 4.94. The zero-order valence-electron chi connectivity index (χ0n) is 7.43. The van der Waals surface area contributed by atoms with Crippen molar-refractivity contribution in [1.82, 2.24) is 0 Å². The molecule has 0 saturated carbocycles. The maximum atomic E-state index is 11.0. The quantitative estimate of drug-likeness (QED) is 0.587. The summed E-state index contributed by atoms with van der Waals surface area (Å²) in [5, 5.41) is 0.391. The summed E-state index contributed by atoms with van der Waals surface area (Å²) in [5.41, 5.74) is 6.41. The highest BCUT2D eigenvalue weighted by molar-refractivity contribution is 6.32. The Labute approximate surface area is 81.4 Å². The van der Waals surface area contributed by atoms with Crippen molar-refractivity contribution in [2.24, 2.45) is 0 Å². The molecule has 0 heterocycles. The van der Waals surface area contributed by atoms with E-state index in [1.807, 2.05) is 0 Å². The molecule has 0 saturated heterocycles. The van der Waals surface area contributed by atoms with Gasteiger partial charge < -0.3 is 10.5 Å². The zero-order valence-corrected chi connectivity index (χ0v) is 8.18. The van der Waals surface area contributed by atoms with E-state index in [1.54, 1.807) is 6.07 Å². The third-order valence-electron chi connectivity index (χ3n) is 1.70. The van der Waals surface area contributed by atoms with Crippen molar-refractivity contribution >= 4 is 23.1 Å². The van der Waals surface area contributed by atoms with Crippen LogP contribution in [0.3, 0.4) is 0 Å². The highest BCUT2D eigenvalue weighted by Gasteiger charge is 2.09. The standard InChI is InChI=1S/C9H10ClNO2/c1-5(12)6-3-7(10)9(13-2)4-8(6)11/h3-4H,11H2,1-2H3. The number of halogens is 1. The Morgan fingerprint density at radius 2 is 2.15 bits per heavy atom. The smallest absolute Gasteiger partial charge is 0.161 e. The average molecular weight is 200 g/mol. The van der Waals surface area contributed by atoms with Crippen molar-refractivity contribution < 1.29 is 9.53 Å². The molecule has 0 aromatic heterocycles. The second-order valence-corrected chi connectivity index (χ2v) is 3.04. The Bertz CT molecular complexity index is 350. The molecule has 13 heavy (non-hydrogen) atoms. The van der Waals surface area contributed by atoms with Gasteiger partial charge in [-0.2, -0.15) is 0 Å². The van der Waals surface area contributed by atoms with E-state index in [2.05, 4.69) is 0 Å². The molecule has 2 N–H and O–H groups in total. The molecular formula is C9H10ClNO2. The van der Waals surface area contributed by atoms with Gasteiger partial charge >= 0.3 is 0 Å². The van der Waals surface area contributed by atoms with Gasteiger partial charge in [0.25, 0.3) is 0 Å². The Morgan fingerprint density at radius 1 is 1.54 bits per heavy atom. The maximum Gasteiger partial charge on any atom is 0.161 e. The lowest BCUT2D eigenvalue weighted by Gasteiger charge is -2.07. The third kappa shape index (κ3) is 1.92. The number of benzene rings is 1. The van der Waals surface area contributed by atoms with E-state index in [1.165, 1.54) is 20.1 Å². The number of carbonyl (C=O) groups excluding carboxylic acids is 1. The predicted octanol–water partition coefficient (Wildman–Crippen LogP) is 2.13. The number of nitrogens with two attached hydrogens (primary N) is 1. The first-order chi connectivity index (χ1) is 6.06. The molecule has 1 aromatic carbocycles. The second kappa shape index (κ2) is 3.66. The maximum absolute atomic E-state index is 11.0. The normalized spacial score (nSPS) is 9.77. The van der Waals surface area contributed by atoms with Crippen LogP contribution in [0.5, 0.6) is 5.75 Å². The van der Waals surface area contributed by atoms with Crippen molar-refractivity contribution in [3.63, 3.8) is 0 Å². The number of rotatable bonds is 2. The van der Waals surface area contributed by atoms with Crippen LogP contribution in [0.2, 0.25) is 5.02 Å². The number of hydrogen-bond acceptors (Lipinski definition) is 3. The number of hydrogen-bond donors (Lipinski definition) is 1. The Hall–Kier alpha value is -1.22. The van der Waals surface area contributed by atoms with Gasteiger partial charge in [0.1, 0.15) is 5.75 Å². The van der Waals surface area contributed by atoms with Crippen molar-refractivity contribution in [3.05, 3.63) is 22.7 Å². The van der Waals surface area contributed by atoms with E-state index < -0.39 is 0 Å². The van der Waals surface area contributed by atoms with Crippen molar-refractivity contribution in [3.8, 4) is 5.75 Å². The van der Waals surface area contributed by atoms with Crippen molar-refractivity contribution in [2.75, 3.05) is 12.8 Å². The van der Waals surface area contributed by atoms with Crippen LogP contribution in [0.15, 0.2) is 12.1 Å². The zero-order chi connectivity index (χ0) is 10.0. The van der Waals surface area contributed by atoms with Crippen molar-refractivity contribution in [1.29, 1.82) is 0 Å². The molecule has 0 bridgehead atoms. The Morgan fingerprint density at radius 3 is 2.62 bits per heavy atom. The number of Topliss-reactive ketones (excluding diaryl/α,β-unsaturated/α-hetero) is 1.